The van der Waals surface area contributed by atoms with Crippen molar-refractivity contribution < 1.29 is 9.90 Å². The summed E-state index contributed by atoms with van der Waals surface area (Å²) in [5.74, 6) is 0.0844. The molecule has 4 aliphatic rings. The minimum atomic E-state index is -0.691. The molecule has 6 rings (SSSR count). The number of aliphatic carboxylic acids is 1. The summed E-state index contributed by atoms with van der Waals surface area (Å²) < 4.78 is 0. The summed E-state index contributed by atoms with van der Waals surface area (Å²) in [4.78, 5) is 12.6. The Labute approximate surface area is 160 Å². The number of carboxylic acids is 1. The fourth-order valence-corrected chi connectivity index (χ4v) is 6.52. The highest BCUT2D eigenvalue weighted by Crippen LogP contribution is 2.67. The van der Waals surface area contributed by atoms with Crippen LogP contribution in [0.15, 0.2) is 48.5 Å². The molecule has 1 saturated heterocycles. The maximum atomic E-state index is 12.6. The highest BCUT2D eigenvalue weighted by molar-refractivity contribution is 5.80. The summed E-state index contributed by atoms with van der Waals surface area (Å²) in [6.07, 6.45) is 1.99. The zero-order chi connectivity index (χ0) is 18.8. The van der Waals surface area contributed by atoms with E-state index in [2.05, 4.69) is 67.7 Å². The number of carbonyl (C=O) groups is 1. The molecule has 4 atom stereocenters. The Hall–Kier alpha value is -2.13. The molecule has 3 aliphatic carbocycles. The SMILES string of the molecule is CC(C)c1ccc(C23CCC(c4ccccc42)C2(C(=O)O)CNCC32)cc1. The van der Waals surface area contributed by atoms with Gasteiger partial charge in [-0.3, -0.25) is 4.79 Å². The fraction of sp³-hybridized carbons (Fsp3) is 0.458. The molecule has 0 aromatic heterocycles. The smallest absolute Gasteiger partial charge is 0.311 e. The molecule has 0 radical (unpaired) electrons. The number of nitrogens with one attached hydrogen (secondary N) is 1. The van der Waals surface area contributed by atoms with Gasteiger partial charge >= 0.3 is 5.97 Å². The first-order valence-corrected chi connectivity index (χ1v) is 10.2. The molecule has 2 aromatic carbocycles. The number of rotatable bonds is 3. The van der Waals surface area contributed by atoms with E-state index in [4.69, 9.17) is 0 Å². The molecular formula is C24H27NO2. The summed E-state index contributed by atoms with van der Waals surface area (Å²) in [5, 5.41) is 13.9. The summed E-state index contributed by atoms with van der Waals surface area (Å²) in [6, 6.07) is 17.6. The molecule has 1 aliphatic heterocycles. The van der Waals surface area contributed by atoms with Gasteiger partial charge in [0.1, 0.15) is 0 Å². The van der Waals surface area contributed by atoms with Gasteiger partial charge in [0.2, 0.25) is 0 Å². The Balaban J connectivity index is 1.78. The third kappa shape index (κ3) is 1.98. The number of hydrogen-bond donors (Lipinski definition) is 2. The lowest BCUT2D eigenvalue weighted by Crippen LogP contribution is -2.60. The average Bonchev–Trinajstić information content (AvgIpc) is 3.16. The van der Waals surface area contributed by atoms with Gasteiger partial charge in [-0.05, 0) is 41.0 Å². The maximum Gasteiger partial charge on any atom is 0.311 e. The van der Waals surface area contributed by atoms with Crippen LogP contribution in [0.4, 0.5) is 0 Å². The predicted molar refractivity (Wildman–Crippen MR) is 106 cm³/mol. The Kier molecular flexibility index (Phi) is 3.58. The van der Waals surface area contributed by atoms with Crippen molar-refractivity contribution in [3.05, 3.63) is 70.8 Å². The van der Waals surface area contributed by atoms with Gasteiger partial charge in [-0.25, -0.2) is 0 Å². The highest BCUT2D eigenvalue weighted by atomic mass is 16.4. The molecular weight excluding hydrogens is 334 g/mol. The van der Waals surface area contributed by atoms with Crippen LogP contribution in [0.1, 0.15) is 60.8 Å². The van der Waals surface area contributed by atoms with Crippen molar-refractivity contribution in [2.24, 2.45) is 11.3 Å². The summed E-state index contributed by atoms with van der Waals surface area (Å²) in [7, 11) is 0. The van der Waals surface area contributed by atoms with Crippen LogP contribution in [0, 0.1) is 11.3 Å². The van der Waals surface area contributed by atoms with E-state index in [1.54, 1.807) is 0 Å². The van der Waals surface area contributed by atoms with Crippen molar-refractivity contribution in [1.82, 2.24) is 5.32 Å². The van der Waals surface area contributed by atoms with Crippen molar-refractivity contribution >= 4 is 5.97 Å². The second-order valence-electron chi connectivity index (χ2n) is 8.96. The van der Waals surface area contributed by atoms with E-state index in [-0.39, 0.29) is 17.3 Å². The first-order valence-electron chi connectivity index (χ1n) is 10.2. The van der Waals surface area contributed by atoms with Crippen LogP contribution in [-0.4, -0.2) is 24.2 Å². The third-order valence-corrected chi connectivity index (χ3v) is 7.74. The van der Waals surface area contributed by atoms with Gasteiger partial charge < -0.3 is 10.4 Å². The highest BCUT2D eigenvalue weighted by Gasteiger charge is 2.68. The molecule has 2 fully saturated rings. The first kappa shape index (κ1) is 17.0. The molecule has 2 bridgehead atoms. The lowest BCUT2D eigenvalue weighted by Gasteiger charge is -2.59. The Bertz CT molecular complexity index is 903. The number of benzene rings is 2. The standard InChI is InChI=1S/C24H27NO2/c1-15(2)16-7-9-17(10-8-16)23-12-11-20(18-5-3-4-6-19(18)23)24(22(26)27)14-25-13-21(23)24/h3-10,15,20-21,25H,11-14H2,1-2H3,(H,26,27). The number of fused-ring (bicyclic) bond motifs is 1. The van der Waals surface area contributed by atoms with Crippen LogP contribution in [0.2, 0.25) is 0 Å². The fourth-order valence-electron chi connectivity index (χ4n) is 6.52. The van der Waals surface area contributed by atoms with Gasteiger partial charge in [0.25, 0.3) is 0 Å². The third-order valence-electron chi connectivity index (χ3n) is 7.74. The molecule has 1 heterocycles. The lowest BCUT2D eigenvalue weighted by molar-refractivity contribution is -0.157. The Morgan fingerprint density at radius 1 is 1.15 bits per heavy atom. The van der Waals surface area contributed by atoms with Crippen LogP contribution < -0.4 is 5.32 Å². The normalized spacial score (nSPS) is 33.7. The summed E-state index contributed by atoms with van der Waals surface area (Å²) >= 11 is 0. The predicted octanol–water partition coefficient (Wildman–Crippen LogP) is 4.28. The van der Waals surface area contributed by atoms with E-state index >= 15 is 0 Å². The van der Waals surface area contributed by atoms with Crippen molar-refractivity contribution in [2.45, 2.75) is 43.9 Å². The van der Waals surface area contributed by atoms with Crippen LogP contribution in [0.5, 0.6) is 0 Å². The largest absolute Gasteiger partial charge is 0.481 e. The van der Waals surface area contributed by atoms with Gasteiger partial charge in [-0.15, -0.1) is 0 Å². The van der Waals surface area contributed by atoms with Crippen molar-refractivity contribution in [1.29, 1.82) is 0 Å². The van der Waals surface area contributed by atoms with Crippen LogP contribution in [0.25, 0.3) is 0 Å². The molecule has 0 spiro atoms. The quantitative estimate of drug-likeness (QED) is 0.858. The van der Waals surface area contributed by atoms with Gasteiger partial charge in [-0.2, -0.15) is 0 Å². The number of carboxylic acid groups (broad SMARTS) is 1. The van der Waals surface area contributed by atoms with Gasteiger partial charge in [0.15, 0.2) is 0 Å². The van der Waals surface area contributed by atoms with E-state index in [9.17, 15) is 9.90 Å². The lowest BCUT2D eigenvalue weighted by atomic mass is 9.42. The molecule has 140 valence electrons. The van der Waals surface area contributed by atoms with E-state index in [1.807, 2.05) is 0 Å². The van der Waals surface area contributed by atoms with Crippen LogP contribution in [-0.2, 0) is 10.2 Å². The van der Waals surface area contributed by atoms with Crippen LogP contribution in [0.3, 0.4) is 0 Å². The number of hydrogen-bond acceptors (Lipinski definition) is 2. The van der Waals surface area contributed by atoms with E-state index < -0.39 is 11.4 Å². The molecule has 4 unspecified atom stereocenters. The van der Waals surface area contributed by atoms with Crippen molar-refractivity contribution in [3.63, 3.8) is 0 Å². The molecule has 27 heavy (non-hydrogen) atoms. The second-order valence-corrected chi connectivity index (χ2v) is 8.96. The van der Waals surface area contributed by atoms with Crippen LogP contribution >= 0.6 is 0 Å². The first-order chi connectivity index (χ1) is 13.0. The molecule has 1 saturated carbocycles. The topological polar surface area (TPSA) is 49.3 Å². The van der Waals surface area contributed by atoms with Crippen molar-refractivity contribution in [3.8, 4) is 0 Å². The van der Waals surface area contributed by atoms with Gasteiger partial charge in [-0.1, -0.05) is 62.4 Å². The van der Waals surface area contributed by atoms with Crippen molar-refractivity contribution in [2.75, 3.05) is 13.1 Å². The van der Waals surface area contributed by atoms with Gasteiger partial charge in [0, 0.05) is 30.3 Å². The summed E-state index contributed by atoms with van der Waals surface area (Å²) in [5.41, 5.74) is 4.36. The Morgan fingerprint density at radius 2 is 1.89 bits per heavy atom. The zero-order valence-electron chi connectivity index (χ0n) is 16.0. The minimum Gasteiger partial charge on any atom is -0.481 e. The summed E-state index contributed by atoms with van der Waals surface area (Å²) in [6.45, 7) is 5.79. The monoisotopic (exact) mass is 361 g/mol. The van der Waals surface area contributed by atoms with E-state index in [1.165, 1.54) is 22.3 Å². The molecule has 3 nitrogen and oxygen atoms in total. The molecule has 2 aromatic rings. The van der Waals surface area contributed by atoms with Gasteiger partial charge in [0.05, 0.1) is 5.41 Å². The van der Waals surface area contributed by atoms with E-state index in [0.717, 1.165) is 19.4 Å². The zero-order valence-corrected chi connectivity index (χ0v) is 16.0. The maximum absolute atomic E-state index is 12.6. The molecule has 2 N–H and O–H groups in total. The minimum absolute atomic E-state index is 0.0982. The van der Waals surface area contributed by atoms with E-state index in [0.29, 0.717) is 12.5 Å². The molecule has 3 heteroatoms. The average molecular weight is 361 g/mol. The second kappa shape index (κ2) is 5.68. The molecule has 0 amide bonds. The Morgan fingerprint density at radius 3 is 2.59 bits per heavy atom.